The first kappa shape index (κ1) is 13.1. The monoisotopic (exact) mass is 276 g/mol. The summed E-state index contributed by atoms with van der Waals surface area (Å²) in [5, 5.41) is 7.31. The van der Waals surface area contributed by atoms with Crippen molar-refractivity contribution in [2.24, 2.45) is 10.2 Å². The number of carbonyl (C=O) groups is 2. The summed E-state index contributed by atoms with van der Waals surface area (Å²) in [5.74, 6) is -0.764. The standard InChI is InChI=1S/C17H12N2O2/c1-11-7-9-13(10-8-11)16(20)15-14(17(21)19-18-15)12-5-3-2-4-6-12/h2-10H,1H3. The average molecular weight is 276 g/mol. The molecule has 0 aromatic heterocycles. The van der Waals surface area contributed by atoms with E-state index >= 15 is 0 Å². The van der Waals surface area contributed by atoms with E-state index in [1.807, 2.05) is 37.3 Å². The van der Waals surface area contributed by atoms with Gasteiger partial charge in [-0.25, -0.2) is 0 Å². The summed E-state index contributed by atoms with van der Waals surface area (Å²) in [5.41, 5.74) is 2.59. The zero-order valence-corrected chi connectivity index (χ0v) is 11.4. The van der Waals surface area contributed by atoms with Gasteiger partial charge in [0.25, 0.3) is 5.91 Å². The van der Waals surface area contributed by atoms with E-state index in [9.17, 15) is 9.59 Å². The number of hydrogen-bond donors (Lipinski definition) is 0. The van der Waals surface area contributed by atoms with Crippen LogP contribution in [0.5, 0.6) is 0 Å². The second-order valence-corrected chi connectivity index (χ2v) is 4.79. The lowest BCUT2D eigenvalue weighted by Gasteiger charge is -2.03. The molecule has 4 heteroatoms. The normalized spacial score (nSPS) is 13.9. The Bertz CT molecular complexity index is 772. The highest BCUT2D eigenvalue weighted by Crippen LogP contribution is 2.29. The van der Waals surface area contributed by atoms with E-state index < -0.39 is 5.91 Å². The lowest BCUT2D eigenvalue weighted by Crippen LogP contribution is -2.05. The molecule has 0 aliphatic carbocycles. The van der Waals surface area contributed by atoms with Crippen LogP contribution in [-0.2, 0) is 4.79 Å². The van der Waals surface area contributed by atoms with Gasteiger partial charge >= 0.3 is 0 Å². The average Bonchev–Trinajstić information content (AvgIpc) is 2.90. The fourth-order valence-corrected chi connectivity index (χ4v) is 2.16. The highest BCUT2D eigenvalue weighted by Gasteiger charge is 2.28. The maximum absolute atomic E-state index is 12.5. The third-order valence-corrected chi connectivity index (χ3v) is 3.28. The molecule has 0 saturated heterocycles. The first-order valence-electron chi connectivity index (χ1n) is 6.54. The molecule has 1 heterocycles. The minimum absolute atomic E-state index is 0.107. The van der Waals surface area contributed by atoms with Gasteiger partial charge in [-0.15, -0.1) is 10.2 Å². The molecule has 1 aliphatic heterocycles. The molecule has 0 N–H and O–H groups in total. The Labute approximate surface area is 121 Å². The van der Waals surface area contributed by atoms with Crippen LogP contribution in [0.15, 0.2) is 70.5 Å². The number of nitrogens with zero attached hydrogens (tertiary/aromatic N) is 2. The summed E-state index contributed by atoms with van der Waals surface area (Å²) >= 11 is 0. The van der Waals surface area contributed by atoms with E-state index in [1.165, 1.54) is 0 Å². The van der Waals surface area contributed by atoms with Crippen LogP contribution in [0, 0.1) is 6.92 Å². The zero-order chi connectivity index (χ0) is 14.8. The lowest BCUT2D eigenvalue weighted by molar-refractivity contribution is -0.112. The predicted octanol–water partition coefficient (Wildman–Crippen LogP) is 3.58. The number of Topliss-reactive ketones (excluding diaryl/α,β-unsaturated/α-hetero) is 1. The summed E-state index contributed by atoms with van der Waals surface area (Å²) in [6, 6.07) is 16.2. The SMILES string of the molecule is Cc1ccc(C(=O)C2=C(c3ccccc3)C(=O)N=N2)cc1. The molecular weight excluding hydrogens is 264 g/mol. The number of hydrogen-bond acceptors (Lipinski definition) is 3. The number of amides is 1. The van der Waals surface area contributed by atoms with Crippen LogP contribution in [0.1, 0.15) is 21.5 Å². The van der Waals surface area contributed by atoms with Crippen LogP contribution in [0.25, 0.3) is 5.57 Å². The molecule has 0 spiro atoms. The largest absolute Gasteiger partial charge is 0.298 e. The highest BCUT2D eigenvalue weighted by molar-refractivity contribution is 6.30. The molecule has 3 rings (SSSR count). The first-order valence-corrected chi connectivity index (χ1v) is 6.54. The Balaban J connectivity index is 2.08. The lowest BCUT2D eigenvalue weighted by atomic mass is 9.99. The van der Waals surface area contributed by atoms with Crippen LogP contribution >= 0.6 is 0 Å². The zero-order valence-electron chi connectivity index (χ0n) is 11.4. The second kappa shape index (κ2) is 5.25. The molecule has 0 radical (unpaired) electrons. The molecule has 0 fully saturated rings. The van der Waals surface area contributed by atoms with Gasteiger partial charge in [-0.05, 0) is 12.5 Å². The second-order valence-electron chi connectivity index (χ2n) is 4.79. The minimum Gasteiger partial charge on any atom is -0.287 e. The van der Waals surface area contributed by atoms with Crippen molar-refractivity contribution in [1.82, 2.24) is 0 Å². The summed E-state index contributed by atoms with van der Waals surface area (Å²) in [7, 11) is 0. The molecule has 1 aliphatic rings. The van der Waals surface area contributed by atoms with Crippen molar-refractivity contribution in [3.8, 4) is 0 Å². The van der Waals surface area contributed by atoms with Crippen molar-refractivity contribution in [2.75, 3.05) is 0 Å². The summed E-state index contributed by atoms with van der Waals surface area (Å²) in [4.78, 5) is 24.4. The van der Waals surface area contributed by atoms with Crippen molar-refractivity contribution >= 4 is 17.3 Å². The number of benzene rings is 2. The van der Waals surface area contributed by atoms with Gasteiger partial charge in [0.05, 0.1) is 5.57 Å². The number of carbonyl (C=O) groups excluding carboxylic acids is 2. The van der Waals surface area contributed by atoms with Crippen LogP contribution in [-0.4, -0.2) is 11.7 Å². The molecule has 2 aromatic rings. The van der Waals surface area contributed by atoms with Gasteiger partial charge in [0.15, 0.2) is 0 Å². The van der Waals surface area contributed by atoms with Crippen LogP contribution in [0.2, 0.25) is 0 Å². The van der Waals surface area contributed by atoms with E-state index in [4.69, 9.17) is 0 Å². The smallest absolute Gasteiger partial charge is 0.287 e. The molecule has 0 bridgehead atoms. The van der Waals surface area contributed by atoms with Gasteiger partial charge in [0, 0.05) is 5.56 Å². The number of azo groups is 1. The molecule has 1 amide bonds. The van der Waals surface area contributed by atoms with Crippen molar-refractivity contribution in [3.05, 3.63) is 77.0 Å². The third kappa shape index (κ3) is 2.43. The fourth-order valence-electron chi connectivity index (χ4n) is 2.16. The van der Waals surface area contributed by atoms with Gasteiger partial charge in [-0.1, -0.05) is 60.2 Å². The van der Waals surface area contributed by atoms with Gasteiger partial charge in [-0.3, -0.25) is 9.59 Å². The molecule has 102 valence electrons. The van der Waals surface area contributed by atoms with Gasteiger partial charge in [-0.2, -0.15) is 0 Å². The predicted molar refractivity (Wildman–Crippen MR) is 78.7 cm³/mol. The van der Waals surface area contributed by atoms with Crippen LogP contribution in [0.3, 0.4) is 0 Å². The molecule has 0 saturated carbocycles. The van der Waals surface area contributed by atoms with Gasteiger partial charge in [0.1, 0.15) is 5.70 Å². The minimum atomic E-state index is -0.475. The van der Waals surface area contributed by atoms with Gasteiger partial charge < -0.3 is 0 Å². The Kier molecular flexibility index (Phi) is 3.28. The fraction of sp³-hybridized carbons (Fsp3) is 0.0588. The number of rotatable bonds is 3. The Morgan fingerprint density at radius 1 is 0.905 bits per heavy atom. The maximum atomic E-state index is 12.5. The third-order valence-electron chi connectivity index (χ3n) is 3.28. The molecule has 21 heavy (non-hydrogen) atoms. The van der Waals surface area contributed by atoms with E-state index in [0.29, 0.717) is 11.1 Å². The topological polar surface area (TPSA) is 58.9 Å². The summed E-state index contributed by atoms with van der Waals surface area (Å²) in [6.45, 7) is 1.95. The van der Waals surface area contributed by atoms with Crippen LogP contribution < -0.4 is 0 Å². The molecule has 2 aromatic carbocycles. The number of aryl methyl sites for hydroxylation is 1. The number of ketones is 1. The summed E-state index contributed by atoms with van der Waals surface area (Å²) in [6.07, 6.45) is 0. The molecule has 0 unspecified atom stereocenters. The first-order chi connectivity index (χ1) is 10.2. The van der Waals surface area contributed by atoms with E-state index in [1.54, 1.807) is 24.3 Å². The Morgan fingerprint density at radius 3 is 2.24 bits per heavy atom. The Morgan fingerprint density at radius 2 is 1.57 bits per heavy atom. The quantitative estimate of drug-likeness (QED) is 0.804. The molecule has 0 atom stereocenters. The maximum Gasteiger partial charge on any atom is 0.298 e. The molecular formula is C17H12N2O2. The van der Waals surface area contributed by atoms with Crippen molar-refractivity contribution in [1.29, 1.82) is 0 Å². The van der Waals surface area contributed by atoms with Crippen molar-refractivity contribution < 1.29 is 9.59 Å². The van der Waals surface area contributed by atoms with Crippen molar-refractivity contribution in [2.45, 2.75) is 6.92 Å². The van der Waals surface area contributed by atoms with Crippen molar-refractivity contribution in [3.63, 3.8) is 0 Å². The Hall–Kier alpha value is -2.88. The summed E-state index contributed by atoms with van der Waals surface area (Å²) < 4.78 is 0. The van der Waals surface area contributed by atoms with Gasteiger partial charge in [0.2, 0.25) is 5.78 Å². The molecule has 4 nitrogen and oxygen atoms in total. The number of allylic oxidation sites excluding steroid dienone is 1. The van der Waals surface area contributed by atoms with E-state index in [-0.39, 0.29) is 17.1 Å². The van der Waals surface area contributed by atoms with E-state index in [2.05, 4.69) is 10.2 Å². The highest BCUT2D eigenvalue weighted by atomic mass is 16.2. The van der Waals surface area contributed by atoms with Crippen LogP contribution in [0.4, 0.5) is 0 Å². The van der Waals surface area contributed by atoms with E-state index in [0.717, 1.165) is 5.56 Å².